The molecule has 0 aliphatic carbocycles. The summed E-state index contributed by atoms with van der Waals surface area (Å²) in [6, 6.07) is 17.2. The van der Waals surface area contributed by atoms with Crippen molar-refractivity contribution in [1.82, 2.24) is 9.62 Å². The van der Waals surface area contributed by atoms with E-state index in [9.17, 15) is 18.3 Å². The predicted octanol–water partition coefficient (Wildman–Crippen LogP) is 7.09. The van der Waals surface area contributed by atoms with E-state index in [-0.39, 0.29) is 43.2 Å². The first-order chi connectivity index (χ1) is 26.5. The molecule has 0 saturated carbocycles. The quantitative estimate of drug-likeness (QED) is 0.0955. The zero-order valence-corrected chi connectivity index (χ0v) is 35.7. The fourth-order valence-corrected chi connectivity index (χ4v) is 9.42. The van der Waals surface area contributed by atoms with Gasteiger partial charge in [0, 0.05) is 32.2 Å². The maximum Gasteiger partial charge on any atom is 0.407 e. The summed E-state index contributed by atoms with van der Waals surface area (Å²) in [5.74, 6) is 0.772. The molecular formula is C43H69N5O7S. The van der Waals surface area contributed by atoms with Gasteiger partial charge in [0.2, 0.25) is 10.0 Å². The maximum atomic E-state index is 14.1. The summed E-state index contributed by atoms with van der Waals surface area (Å²) in [5, 5.41) is 26.5. The molecule has 2 aromatic carbocycles. The van der Waals surface area contributed by atoms with Gasteiger partial charge in [-0.1, -0.05) is 84.4 Å². The topological polar surface area (TPSA) is 176 Å². The summed E-state index contributed by atoms with van der Waals surface area (Å²) in [5.41, 5.74) is 6.98. The number of unbranched alkanes of at least 4 members (excludes halogenated alkanes) is 2. The highest BCUT2D eigenvalue weighted by molar-refractivity contribution is 7.89. The fraction of sp³-hybridized carbons (Fsp3) is 0.674. The van der Waals surface area contributed by atoms with E-state index in [1.54, 1.807) is 25.2 Å². The van der Waals surface area contributed by atoms with Crippen LogP contribution < -0.4 is 16.4 Å². The number of amides is 1. The van der Waals surface area contributed by atoms with Crippen LogP contribution >= 0.6 is 0 Å². The SMILES string of the molecule is CC(C)CC(C)(C)CCCCN.CNc1cccc(S(=O)(=O)N(C[C@@H](O)[C@H](Cc2ccccc2)NC(=O)O[C@H]2CO[C@H]3OCC[C@H]32)CC(C)(C)CCCC#N)c1. The Morgan fingerprint density at radius 3 is 2.43 bits per heavy atom. The van der Waals surface area contributed by atoms with Crippen LogP contribution in [0.4, 0.5) is 10.5 Å². The first kappa shape index (κ1) is 47.1. The fourth-order valence-electron chi connectivity index (χ4n) is 7.72. The first-order valence-electron chi connectivity index (χ1n) is 20.3. The van der Waals surface area contributed by atoms with Crippen LogP contribution in [0.2, 0.25) is 0 Å². The average Bonchev–Trinajstić information content (AvgIpc) is 3.76. The Balaban J connectivity index is 0.000000604. The lowest BCUT2D eigenvalue weighted by atomic mass is 9.80. The molecule has 2 aliphatic heterocycles. The number of carbonyl (C=O) groups excluding carboxylic acids is 1. The average molecular weight is 800 g/mol. The number of aliphatic hydroxyl groups excluding tert-OH is 1. The number of sulfonamides is 1. The number of carbonyl (C=O) groups is 1. The summed E-state index contributed by atoms with van der Waals surface area (Å²) in [4.78, 5) is 13.2. The van der Waals surface area contributed by atoms with Crippen LogP contribution in [0.3, 0.4) is 0 Å². The molecular weight excluding hydrogens is 731 g/mol. The first-order valence-corrected chi connectivity index (χ1v) is 21.7. The van der Waals surface area contributed by atoms with Crippen molar-refractivity contribution in [2.24, 2.45) is 28.4 Å². The van der Waals surface area contributed by atoms with Crippen molar-refractivity contribution < 1.29 is 32.5 Å². The van der Waals surface area contributed by atoms with Gasteiger partial charge in [-0.05, 0) is 92.0 Å². The number of fused-ring (bicyclic) bond motifs is 1. The Labute approximate surface area is 336 Å². The van der Waals surface area contributed by atoms with E-state index in [2.05, 4.69) is 44.4 Å². The van der Waals surface area contributed by atoms with Gasteiger partial charge in [-0.2, -0.15) is 9.57 Å². The molecule has 2 saturated heterocycles. The number of nitrogens with one attached hydrogen (secondary N) is 2. The minimum Gasteiger partial charge on any atom is -0.443 e. The third kappa shape index (κ3) is 15.6. The number of alkyl carbamates (subject to hydrolysis) is 1. The van der Waals surface area contributed by atoms with Gasteiger partial charge in [-0.25, -0.2) is 13.2 Å². The number of hydrogen-bond donors (Lipinski definition) is 4. The molecule has 13 heteroatoms. The van der Waals surface area contributed by atoms with Gasteiger partial charge in [0.15, 0.2) is 6.29 Å². The molecule has 0 unspecified atom stereocenters. The van der Waals surface area contributed by atoms with E-state index in [0.29, 0.717) is 37.0 Å². The second kappa shape index (κ2) is 22.6. The van der Waals surface area contributed by atoms with Crippen molar-refractivity contribution in [3.63, 3.8) is 0 Å². The number of rotatable bonds is 21. The second-order valence-corrected chi connectivity index (χ2v) is 19.2. The summed E-state index contributed by atoms with van der Waals surface area (Å²) in [6.07, 6.45) is 4.88. The van der Waals surface area contributed by atoms with Crippen molar-refractivity contribution in [3.05, 3.63) is 60.2 Å². The highest BCUT2D eigenvalue weighted by Crippen LogP contribution is 2.34. The van der Waals surface area contributed by atoms with Crippen molar-refractivity contribution in [3.8, 4) is 6.07 Å². The van der Waals surface area contributed by atoms with Crippen molar-refractivity contribution in [2.45, 2.75) is 129 Å². The molecule has 0 radical (unpaired) electrons. The van der Waals surface area contributed by atoms with Gasteiger partial charge >= 0.3 is 6.09 Å². The van der Waals surface area contributed by atoms with E-state index < -0.39 is 39.8 Å². The standard InChI is InChI=1S/C32H44N4O7S.C11H25N/c1-32(2,15-7-8-16-33)22-36(44(39,40)25-13-9-12-24(19-25)34-3)20-28(37)27(18-23-10-5-4-6-11-23)35-31(38)43-29-21-42-30-26(29)14-17-41-30;1-10(2)9-11(3,4)7-5-6-8-12/h4-6,9-13,19,26-30,34,37H,7-8,14-15,17-18,20-22H2,1-3H3,(H,35,38);10H,5-9,12H2,1-4H3/t26-,27-,28+,29-,30+;/m0./s1. The number of benzene rings is 2. The van der Waals surface area contributed by atoms with Crippen molar-refractivity contribution in [2.75, 3.05) is 45.2 Å². The molecule has 5 N–H and O–H groups in total. The van der Waals surface area contributed by atoms with Crippen LogP contribution in [-0.2, 0) is 30.7 Å². The molecule has 2 aliphatic rings. The molecule has 2 heterocycles. The zero-order valence-electron chi connectivity index (χ0n) is 34.8. The number of ether oxygens (including phenoxy) is 3. The summed E-state index contributed by atoms with van der Waals surface area (Å²) >= 11 is 0. The van der Waals surface area contributed by atoms with E-state index in [4.69, 9.17) is 25.2 Å². The summed E-state index contributed by atoms with van der Waals surface area (Å²) < 4.78 is 46.3. The number of nitrogens with zero attached hydrogens (tertiary/aromatic N) is 2. The molecule has 314 valence electrons. The highest BCUT2D eigenvalue weighted by atomic mass is 32.2. The van der Waals surface area contributed by atoms with Crippen molar-refractivity contribution in [1.29, 1.82) is 5.26 Å². The normalized spacial score (nSPS) is 19.4. The number of nitriles is 1. The minimum atomic E-state index is -4.06. The Hall–Kier alpha value is -3.25. The Morgan fingerprint density at radius 2 is 1.77 bits per heavy atom. The molecule has 4 rings (SSSR count). The minimum absolute atomic E-state index is 0.0458. The van der Waals surface area contributed by atoms with Gasteiger partial charge in [0.25, 0.3) is 0 Å². The van der Waals surface area contributed by atoms with Gasteiger partial charge in [0.1, 0.15) is 6.10 Å². The number of aliphatic hydroxyl groups is 1. The molecule has 0 aromatic heterocycles. The largest absolute Gasteiger partial charge is 0.443 e. The van der Waals surface area contributed by atoms with E-state index in [1.165, 1.54) is 36.1 Å². The smallest absolute Gasteiger partial charge is 0.407 e. The molecule has 2 aromatic rings. The van der Waals surface area contributed by atoms with Gasteiger partial charge in [-0.15, -0.1) is 0 Å². The van der Waals surface area contributed by atoms with Crippen LogP contribution in [0.5, 0.6) is 0 Å². The third-order valence-corrected chi connectivity index (χ3v) is 12.3. The highest BCUT2D eigenvalue weighted by Gasteiger charge is 2.44. The predicted molar refractivity (Wildman–Crippen MR) is 221 cm³/mol. The van der Waals surface area contributed by atoms with Crippen LogP contribution in [0.1, 0.15) is 98.5 Å². The van der Waals surface area contributed by atoms with Gasteiger partial charge < -0.3 is 35.7 Å². The van der Waals surface area contributed by atoms with Crippen LogP contribution in [-0.4, -0.2) is 88.4 Å². The maximum absolute atomic E-state index is 14.1. The van der Waals surface area contributed by atoms with Crippen LogP contribution in [0, 0.1) is 34.0 Å². The lowest BCUT2D eigenvalue weighted by molar-refractivity contribution is -0.0907. The van der Waals surface area contributed by atoms with E-state index in [1.807, 2.05) is 44.2 Å². The van der Waals surface area contributed by atoms with Gasteiger partial charge in [-0.3, -0.25) is 0 Å². The lowest BCUT2D eigenvalue weighted by Gasteiger charge is -2.35. The molecule has 1 amide bonds. The molecule has 2 fully saturated rings. The Bertz CT molecular complexity index is 1620. The monoisotopic (exact) mass is 799 g/mol. The molecule has 56 heavy (non-hydrogen) atoms. The third-order valence-electron chi connectivity index (χ3n) is 10.5. The van der Waals surface area contributed by atoms with Crippen LogP contribution in [0.25, 0.3) is 0 Å². The lowest BCUT2D eigenvalue weighted by Crippen LogP contribution is -2.52. The van der Waals surface area contributed by atoms with E-state index >= 15 is 0 Å². The molecule has 5 atom stereocenters. The molecule has 0 spiro atoms. The Kier molecular flexibility index (Phi) is 19.0. The number of nitrogens with two attached hydrogens (primary N) is 1. The summed E-state index contributed by atoms with van der Waals surface area (Å²) in [6.45, 7) is 14.7. The van der Waals surface area contributed by atoms with E-state index in [0.717, 1.165) is 24.4 Å². The molecule has 12 nitrogen and oxygen atoms in total. The molecule has 0 bridgehead atoms. The number of hydrogen-bond acceptors (Lipinski definition) is 10. The van der Waals surface area contributed by atoms with Crippen LogP contribution in [0.15, 0.2) is 59.5 Å². The zero-order chi connectivity index (χ0) is 41.4. The second-order valence-electron chi connectivity index (χ2n) is 17.2. The van der Waals surface area contributed by atoms with Gasteiger partial charge in [0.05, 0.1) is 42.2 Å². The summed E-state index contributed by atoms with van der Waals surface area (Å²) in [7, 11) is -2.35. The number of anilines is 1. The van der Waals surface area contributed by atoms with Crippen molar-refractivity contribution >= 4 is 21.8 Å². The Morgan fingerprint density at radius 1 is 1.05 bits per heavy atom.